The van der Waals surface area contributed by atoms with Crippen LogP contribution >= 0.6 is 0 Å². The average Bonchev–Trinajstić information content (AvgIpc) is 2.55. The zero-order valence-electron chi connectivity index (χ0n) is 13.1. The molecule has 2 N–H and O–H groups in total. The highest BCUT2D eigenvalue weighted by Crippen LogP contribution is 2.23. The molecule has 0 atom stereocenters. The van der Waals surface area contributed by atoms with E-state index in [0.29, 0.717) is 5.75 Å². The molecule has 0 spiro atoms. The summed E-state index contributed by atoms with van der Waals surface area (Å²) < 4.78 is 22.8. The molecule has 0 aliphatic heterocycles. The molecule has 0 aromatic heterocycles. The molecule has 0 bridgehead atoms. The maximum atomic E-state index is 12.8. The highest BCUT2D eigenvalue weighted by Gasteiger charge is 2.15. The molecule has 1 amide bonds. The molecule has 0 saturated carbocycles. The van der Waals surface area contributed by atoms with E-state index in [1.165, 1.54) is 36.4 Å². The molecule has 8 heteroatoms. The third kappa shape index (κ3) is 5.31. The van der Waals surface area contributed by atoms with Crippen LogP contribution in [0.25, 0.3) is 0 Å². The van der Waals surface area contributed by atoms with E-state index in [9.17, 15) is 18.8 Å². The lowest BCUT2D eigenvalue weighted by Gasteiger charge is -2.10. The van der Waals surface area contributed by atoms with E-state index < -0.39 is 23.7 Å². The maximum absolute atomic E-state index is 12.8. The van der Waals surface area contributed by atoms with Gasteiger partial charge in [-0.05, 0) is 42.5 Å². The summed E-state index contributed by atoms with van der Waals surface area (Å²) in [6, 6.07) is 8.95. The number of hydrogen-bond donors (Lipinski definition) is 2. The number of anilines is 1. The predicted molar refractivity (Wildman–Crippen MR) is 85.2 cm³/mol. The van der Waals surface area contributed by atoms with Gasteiger partial charge in [-0.1, -0.05) is 0 Å². The first-order chi connectivity index (χ1) is 11.8. The summed E-state index contributed by atoms with van der Waals surface area (Å²) in [7, 11) is 0. The number of nitrogens with one attached hydrogen (secondary N) is 1. The molecule has 0 saturated heterocycles. The van der Waals surface area contributed by atoms with E-state index in [-0.39, 0.29) is 23.6 Å². The van der Waals surface area contributed by atoms with Gasteiger partial charge in [-0.3, -0.25) is 9.59 Å². The Hall–Kier alpha value is -3.42. The fraction of sp³-hybridized carbons (Fsp3) is 0.118. The van der Waals surface area contributed by atoms with Crippen molar-refractivity contribution < 1.29 is 33.4 Å². The largest absolute Gasteiger partial charge is 0.484 e. The van der Waals surface area contributed by atoms with Crippen molar-refractivity contribution in [2.45, 2.75) is 6.92 Å². The lowest BCUT2D eigenvalue weighted by Crippen LogP contribution is -2.20. The number of carboxylic acid groups (broad SMARTS) is 1. The van der Waals surface area contributed by atoms with Crippen LogP contribution in [-0.2, 0) is 9.59 Å². The number of hydrogen-bond acceptors (Lipinski definition) is 5. The topological polar surface area (TPSA) is 102 Å². The fourth-order valence-electron chi connectivity index (χ4n) is 1.90. The molecule has 0 heterocycles. The molecule has 0 unspecified atom stereocenters. The molecule has 130 valence electrons. The summed E-state index contributed by atoms with van der Waals surface area (Å²) in [5.74, 6) is -2.75. The van der Waals surface area contributed by atoms with Crippen molar-refractivity contribution in [2.75, 3.05) is 11.9 Å². The Morgan fingerprint density at radius 3 is 2.40 bits per heavy atom. The number of carbonyl (C=O) groups is 3. The summed E-state index contributed by atoms with van der Waals surface area (Å²) in [5.41, 5.74) is -0.0755. The molecule has 2 aromatic carbocycles. The fourth-order valence-corrected chi connectivity index (χ4v) is 1.90. The molecule has 0 fully saturated rings. The molecular weight excluding hydrogens is 333 g/mol. The lowest BCUT2D eigenvalue weighted by atomic mass is 10.1. The van der Waals surface area contributed by atoms with Crippen molar-refractivity contribution in [1.29, 1.82) is 0 Å². The smallest absolute Gasteiger partial charge is 0.339 e. The minimum Gasteiger partial charge on any atom is -0.484 e. The molecular formula is C17H14FNO6. The summed E-state index contributed by atoms with van der Waals surface area (Å²) >= 11 is 0. The van der Waals surface area contributed by atoms with Gasteiger partial charge in [-0.15, -0.1) is 0 Å². The van der Waals surface area contributed by atoms with Crippen LogP contribution in [0.15, 0.2) is 42.5 Å². The second-order valence-corrected chi connectivity index (χ2v) is 4.90. The standard InChI is InChI=1S/C17H14FNO6/c1-10(20)25-15-7-4-12(8-14(15)17(22)23)19-16(21)9-24-13-5-2-11(18)3-6-13/h2-8H,9H2,1H3,(H,19,21)(H,22,23). The van der Waals surface area contributed by atoms with Gasteiger partial charge in [0.25, 0.3) is 5.91 Å². The minimum atomic E-state index is -1.31. The van der Waals surface area contributed by atoms with Gasteiger partial charge in [0.2, 0.25) is 0 Å². The third-order valence-electron chi connectivity index (χ3n) is 2.93. The average molecular weight is 347 g/mol. The van der Waals surface area contributed by atoms with Crippen LogP contribution in [0, 0.1) is 5.82 Å². The molecule has 0 aliphatic rings. The van der Waals surface area contributed by atoms with Gasteiger partial charge >= 0.3 is 11.9 Å². The van der Waals surface area contributed by atoms with Crippen molar-refractivity contribution in [3.05, 3.63) is 53.8 Å². The first-order valence-electron chi connectivity index (χ1n) is 7.09. The summed E-state index contributed by atoms with van der Waals surface area (Å²) in [6.07, 6.45) is 0. The molecule has 25 heavy (non-hydrogen) atoms. The van der Waals surface area contributed by atoms with E-state index in [0.717, 1.165) is 13.0 Å². The van der Waals surface area contributed by atoms with Crippen LogP contribution in [0.3, 0.4) is 0 Å². The van der Waals surface area contributed by atoms with Crippen molar-refractivity contribution >= 4 is 23.5 Å². The zero-order chi connectivity index (χ0) is 18.4. The number of esters is 1. The van der Waals surface area contributed by atoms with Crippen LogP contribution < -0.4 is 14.8 Å². The van der Waals surface area contributed by atoms with Gasteiger partial charge < -0.3 is 19.9 Å². The van der Waals surface area contributed by atoms with Crippen LogP contribution in [0.4, 0.5) is 10.1 Å². The molecule has 7 nitrogen and oxygen atoms in total. The highest BCUT2D eigenvalue weighted by molar-refractivity contribution is 5.96. The third-order valence-corrected chi connectivity index (χ3v) is 2.93. The van der Waals surface area contributed by atoms with Gasteiger partial charge in [0, 0.05) is 12.6 Å². The Kier molecular flexibility index (Phi) is 5.67. The number of amides is 1. The summed E-state index contributed by atoms with van der Waals surface area (Å²) in [4.78, 5) is 34.0. The van der Waals surface area contributed by atoms with E-state index in [1.807, 2.05) is 0 Å². The van der Waals surface area contributed by atoms with Crippen molar-refractivity contribution in [2.24, 2.45) is 0 Å². The Bertz CT molecular complexity index is 803. The van der Waals surface area contributed by atoms with E-state index in [2.05, 4.69) is 5.32 Å². The minimum absolute atomic E-state index is 0.124. The predicted octanol–water partition coefficient (Wildman–Crippen LogP) is 2.47. The second kappa shape index (κ2) is 7.91. The quantitative estimate of drug-likeness (QED) is 0.615. The summed E-state index contributed by atoms with van der Waals surface area (Å²) in [5, 5.41) is 11.6. The number of aromatic carboxylic acids is 1. The molecule has 2 aromatic rings. The molecule has 0 radical (unpaired) electrons. The molecule has 0 aliphatic carbocycles. The van der Waals surface area contributed by atoms with Crippen LogP contribution in [0.1, 0.15) is 17.3 Å². The van der Waals surface area contributed by atoms with Crippen LogP contribution in [0.2, 0.25) is 0 Å². The van der Waals surface area contributed by atoms with Crippen molar-refractivity contribution in [3.63, 3.8) is 0 Å². The van der Waals surface area contributed by atoms with Crippen LogP contribution in [-0.4, -0.2) is 29.6 Å². The first-order valence-corrected chi connectivity index (χ1v) is 7.09. The first kappa shape index (κ1) is 17.9. The number of ether oxygens (including phenoxy) is 2. The van der Waals surface area contributed by atoms with E-state index in [4.69, 9.17) is 14.6 Å². The van der Waals surface area contributed by atoms with Crippen molar-refractivity contribution in [1.82, 2.24) is 0 Å². The summed E-state index contributed by atoms with van der Waals surface area (Å²) in [6.45, 7) is 0.799. The SMILES string of the molecule is CC(=O)Oc1ccc(NC(=O)COc2ccc(F)cc2)cc1C(=O)O. The zero-order valence-corrected chi connectivity index (χ0v) is 13.1. The Morgan fingerprint density at radius 1 is 1.12 bits per heavy atom. The van der Waals surface area contributed by atoms with Gasteiger partial charge in [0.1, 0.15) is 22.9 Å². The number of halogens is 1. The Morgan fingerprint density at radius 2 is 1.80 bits per heavy atom. The number of carbonyl (C=O) groups excluding carboxylic acids is 2. The second-order valence-electron chi connectivity index (χ2n) is 4.90. The lowest BCUT2D eigenvalue weighted by molar-refractivity contribution is -0.131. The van der Waals surface area contributed by atoms with E-state index in [1.54, 1.807) is 0 Å². The van der Waals surface area contributed by atoms with Gasteiger partial charge in [-0.2, -0.15) is 0 Å². The van der Waals surface area contributed by atoms with Gasteiger partial charge in [0.15, 0.2) is 6.61 Å². The van der Waals surface area contributed by atoms with E-state index >= 15 is 0 Å². The Labute approximate surface area is 142 Å². The monoisotopic (exact) mass is 347 g/mol. The van der Waals surface area contributed by atoms with Gasteiger partial charge in [0.05, 0.1) is 0 Å². The number of benzene rings is 2. The maximum Gasteiger partial charge on any atom is 0.339 e. The van der Waals surface area contributed by atoms with Crippen molar-refractivity contribution in [3.8, 4) is 11.5 Å². The normalized spacial score (nSPS) is 10.0. The van der Waals surface area contributed by atoms with Gasteiger partial charge in [-0.25, -0.2) is 9.18 Å². The Balaban J connectivity index is 2.02. The number of rotatable bonds is 6. The number of carboxylic acids is 1. The van der Waals surface area contributed by atoms with Crippen LogP contribution in [0.5, 0.6) is 11.5 Å². The highest BCUT2D eigenvalue weighted by atomic mass is 19.1. The molecule has 2 rings (SSSR count).